The van der Waals surface area contributed by atoms with E-state index < -0.39 is 0 Å². The molecule has 9 saturated heterocycles. The highest BCUT2D eigenvalue weighted by Crippen LogP contribution is 2.40. The van der Waals surface area contributed by atoms with E-state index in [0.717, 1.165) is 65.2 Å². The summed E-state index contributed by atoms with van der Waals surface area (Å²) in [5.41, 5.74) is 0. The summed E-state index contributed by atoms with van der Waals surface area (Å²) in [6.45, 7) is 36.4. The molecule has 7 heteroatoms. The van der Waals surface area contributed by atoms with E-state index >= 15 is 0 Å². The maximum atomic E-state index is 3.16. The maximum Gasteiger partial charge on any atom is 0.0121 e. The predicted octanol–water partition coefficient (Wildman–Crippen LogP) is 7.53. The summed E-state index contributed by atoms with van der Waals surface area (Å²) in [6.07, 6.45) is 14.4. The van der Waals surface area contributed by atoms with Gasteiger partial charge in [0, 0.05) is 51.9 Å². The van der Waals surface area contributed by atoms with Crippen LogP contribution < -0.4 is 5.32 Å². The van der Waals surface area contributed by atoms with E-state index in [9.17, 15) is 0 Å². The molecule has 6 bridgehead atoms. The average Bonchev–Trinajstić information content (AvgIpc) is 3.98. The van der Waals surface area contributed by atoms with Gasteiger partial charge in [0.25, 0.3) is 0 Å². The molecule has 9 heterocycles. The number of hydrogen-bond donors (Lipinski definition) is 1. The van der Waals surface area contributed by atoms with Gasteiger partial charge in [-0.05, 0) is 204 Å². The Balaban J connectivity index is 0.000000141. The maximum absolute atomic E-state index is 3.16. The monoisotopic (exact) mass is 758 g/mol. The number of piperidine rings is 5. The highest BCUT2D eigenvalue weighted by Gasteiger charge is 2.40. The number of likely N-dealkylation sites (tertiary alicyclic amines) is 4. The Morgan fingerprint density at radius 2 is 0.926 bits per heavy atom. The minimum Gasteiger partial charge on any atom is -0.316 e. The van der Waals surface area contributed by atoms with Crippen molar-refractivity contribution in [2.24, 2.45) is 59.2 Å². The Morgan fingerprint density at radius 3 is 1.26 bits per heavy atom. The van der Waals surface area contributed by atoms with Crippen molar-refractivity contribution >= 4 is 0 Å². The zero-order valence-corrected chi connectivity index (χ0v) is 38.2. The first kappa shape index (κ1) is 46.4. The zero-order valence-electron chi connectivity index (χ0n) is 38.2. The Kier molecular flexibility index (Phi) is 20.6. The van der Waals surface area contributed by atoms with Gasteiger partial charge in [-0.15, -0.1) is 0 Å². The van der Waals surface area contributed by atoms with E-state index in [-0.39, 0.29) is 0 Å². The molecule has 10 rings (SSSR count). The number of hydrogen-bond acceptors (Lipinski definition) is 7. The molecule has 11 atom stereocenters. The summed E-state index contributed by atoms with van der Waals surface area (Å²) in [5, 5.41) is 3.16. The van der Waals surface area contributed by atoms with Gasteiger partial charge in [-0.1, -0.05) is 48.5 Å². The van der Waals surface area contributed by atoms with Crippen molar-refractivity contribution in [3.63, 3.8) is 0 Å². The Morgan fingerprint density at radius 1 is 0.407 bits per heavy atom. The van der Waals surface area contributed by atoms with Crippen molar-refractivity contribution in [1.29, 1.82) is 0 Å². The lowest BCUT2D eigenvalue weighted by atomic mass is 9.93. The second kappa shape index (κ2) is 24.0. The molecule has 10 aliphatic rings. The second-order valence-electron chi connectivity index (χ2n) is 21.2. The molecule has 1 N–H and O–H groups in total. The van der Waals surface area contributed by atoms with Gasteiger partial charge in [-0.25, -0.2) is 0 Å². The Labute approximate surface area is 338 Å². The standard InChI is InChI=1S/2C8H15N.C7H13N.2C7H15N.C6H13N.C4H9N/c1-6-3-7-4-8(6)9(2)5-7;1-7-5-9-4-2-3-8(7)6-9;1-6-4-8-3-2-7(6)5-8;1-7-3-5-8(2)6-4-7;1-7-4-3-5-8(2)6-7;1-6-3-4-7(2)5-6;1-4-2-5-3-4/h6-8H,3-5H2,1-2H3;7-8H,2-6H2,1H3;6-7H,2-5H2,1H3;2*7H,3-6H2,1-2H3;6H,3-5H2,1-2H3;4-5H,2-3H2,1H3. The first-order valence-corrected chi connectivity index (χ1v) is 23.7. The van der Waals surface area contributed by atoms with E-state index in [0.29, 0.717) is 0 Å². The Bertz CT molecular complexity index is 941. The van der Waals surface area contributed by atoms with Crippen LogP contribution in [0, 0.1) is 59.2 Å². The molecule has 0 aromatic rings. The van der Waals surface area contributed by atoms with Crippen LogP contribution in [0.5, 0.6) is 0 Å². The lowest BCUT2D eigenvalue weighted by Crippen LogP contribution is -2.39. The average molecular weight is 758 g/mol. The van der Waals surface area contributed by atoms with E-state index in [4.69, 9.17) is 0 Å². The van der Waals surface area contributed by atoms with Gasteiger partial charge in [0.1, 0.15) is 0 Å². The van der Waals surface area contributed by atoms with Crippen molar-refractivity contribution in [3.8, 4) is 0 Å². The first-order valence-electron chi connectivity index (χ1n) is 23.7. The van der Waals surface area contributed by atoms with Crippen LogP contribution in [0.2, 0.25) is 0 Å². The van der Waals surface area contributed by atoms with Crippen LogP contribution in [0.1, 0.15) is 113 Å². The van der Waals surface area contributed by atoms with Gasteiger partial charge < -0.3 is 34.7 Å². The van der Waals surface area contributed by atoms with Gasteiger partial charge in [-0.3, -0.25) is 0 Å². The van der Waals surface area contributed by atoms with Crippen molar-refractivity contribution in [2.75, 3.05) is 126 Å². The summed E-state index contributed by atoms with van der Waals surface area (Å²) < 4.78 is 0. The molecular weight excluding hydrogens is 663 g/mol. The number of nitrogens with zero attached hydrogens (tertiary/aromatic N) is 6. The fraction of sp³-hybridized carbons (Fsp3) is 1.00. The molecule has 0 aromatic heterocycles. The fourth-order valence-electron chi connectivity index (χ4n) is 11.1. The molecule has 1 saturated carbocycles. The van der Waals surface area contributed by atoms with Crippen molar-refractivity contribution in [3.05, 3.63) is 0 Å². The number of rotatable bonds is 0. The van der Waals surface area contributed by atoms with Gasteiger partial charge in [0.15, 0.2) is 0 Å². The predicted molar refractivity (Wildman–Crippen MR) is 235 cm³/mol. The van der Waals surface area contributed by atoms with Crippen LogP contribution >= 0.6 is 0 Å². The molecule has 10 fully saturated rings. The molecule has 318 valence electrons. The SMILES string of the molecule is CC1CC2CC1N(C)C2.CC1CCCN(C)C1.CC1CCN(C)C1.CC1CCN(C)CC1.CC1CN2CCC1C2.CC1CN2CCCC1C2.CC1CNC1. The number of fused-ring (bicyclic) bond motifs is 6. The zero-order chi connectivity index (χ0) is 39.2. The van der Waals surface area contributed by atoms with E-state index in [2.05, 4.69) is 111 Å². The highest BCUT2D eigenvalue weighted by molar-refractivity contribution is 4.94. The van der Waals surface area contributed by atoms with Crippen LogP contribution in [0.3, 0.4) is 0 Å². The number of nitrogens with one attached hydrogen (secondary N) is 1. The summed E-state index contributed by atoms with van der Waals surface area (Å²) >= 11 is 0. The molecular formula is C47H95N7. The topological polar surface area (TPSA) is 31.5 Å². The fourth-order valence-corrected chi connectivity index (χ4v) is 11.1. The third kappa shape index (κ3) is 16.5. The minimum absolute atomic E-state index is 0.939. The van der Waals surface area contributed by atoms with Gasteiger partial charge >= 0.3 is 0 Å². The largest absolute Gasteiger partial charge is 0.316 e. The molecule has 0 aromatic carbocycles. The molecule has 0 spiro atoms. The van der Waals surface area contributed by atoms with Crippen LogP contribution in [0.25, 0.3) is 0 Å². The lowest BCUT2D eigenvalue weighted by Gasteiger charge is -2.27. The summed E-state index contributed by atoms with van der Waals surface area (Å²) in [5.74, 6) is 9.97. The molecule has 0 radical (unpaired) electrons. The lowest BCUT2D eigenvalue weighted by molar-refractivity contribution is 0.204. The highest BCUT2D eigenvalue weighted by atomic mass is 15.2. The van der Waals surface area contributed by atoms with Crippen LogP contribution in [0.4, 0.5) is 0 Å². The van der Waals surface area contributed by atoms with Crippen LogP contribution in [-0.2, 0) is 0 Å². The van der Waals surface area contributed by atoms with Crippen molar-refractivity contribution in [2.45, 2.75) is 119 Å². The molecule has 1 aliphatic carbocycles. The third-order valence-electron chi connectivity index (χ3n) is 15.1. The van der Waals surface area contributed by atoms with Crippen molar-refractivity contribution in [1.82, 2.24) is 34.7 Å². The summed E-state index contributed by atoms with van der Waals surface area (Å²) in [4.78, 5) is 14.9. The third-order valence-corrected chi connectivity index (χ3v) is 15.1. The first-order chi connectivity index (χ1) is 25.7. The van der Waals surface area contributed by atoms with Gasteiger partial charge in [0.2, 0.25) is 0 Å². The Hall–Kier alpha value is -0.280. The molecule has 9 aliphatic heterocycles. The van der Waals surface area contributed by atoms with E-state index in [1.165, 1.54) is 162 Å². The van der Waals surface area contributed by atoms with Crippen LogP contribution in [0.15, 0.2) is 0 Å². The molecule has 54 heavy (non-hydrogen) atoms. The normalized spacial score (nSPS) is 40.2. The van der Waals surface area contributed by atoms with Gasteiger partial charge in [-0.2, -0.15) is 0 Å². The van der Waals surface area contributed by atoms with Crippen molar-refractivity contribution < 1.29 is 0 Å². The van der Waals surface area contributed by atoms with Crippen LogP contribution in [-0.4, -0.2) is 162 Å². The minimum atomic E-state index is 0.939. The summed E-state index contributed by atoms with van der Waals surface area (Å²) in [6, 6.07) is 0.940. The van der Waals surface area contributed by atoms with Gasteiger partial charge in [0.05, 0.1) is 0 Å². The van der Waals surface area contributed by atoms with E-state index in [1.807, 2.05) is 0 Å². The molecule has 0 amide bonds. The smallest absolute Gasteiger partial charge is 0.0121 e. The second-order valence-corrected chi connectivity index (χ2v) is 21.2. The quantitative estimate of drug-likeness (QED) is 0.274. The molecule has 11 unspecified atom stereocenters. The summed E-state index contributed by atoms with van der Waals surface area (Å²) in [7, 11) is 8.85. The molecule has 7 nitrogen and oxygen atoms in total. The van der Waals surface area contributed by atoms with E-state index in [1.54, 1.807) is 0 Å².